The first-order chi connectivity index (χ1) is 7.77. The fourth-order valence-electron chi connectivity index (χ4n) is 1.24. The van der Waals surface area contributed by atoms with Crippen LogP contribution in [-0.4, -0.2) is 59.3 Å². The van der Waals surface area contributed by atoms with Crippen LogP contribution in [0.2, 0.25) is 0 Å². The van der Waals surface area contributed by atoms with E-state index in [1.54, 1.807) is 7.05 Å². The van der Waals surface area contributed by atoms with Gasteiger partial charge in [-0.05, 0) is 6.26 Å². The first-order valence-electron chi connectivity index (χ1n) is 4.86. The van der Waals surface area contributed by atoms with Gasteiger partial charge < -0.3 is 9.29 Å². The van der Waals surface area contributed by atoms with E-state index in [0.717, 1.165) is 12.5 Å². The van der Waals surface area contributed by atoms with E-state index in [1.807, 2.05) is 0 Å². The highest BCUT2D eigenvalue weighted by atomic mass is 32.2. The van der Waals surface area contributed by atoms with Crippen molar-refractivity contribution in [2.45, 2.75) is 6.43 Å². The van der Waals surface area contributed by atoms with Crippen LogP contribution in [0.4, 0.5) is 13.2 Å². The Morgan fingerprint density at radius 2 is 1.88 bits per heavy atom. The SMILES string of the molecule is CS(=O)[O-].C[N+]1(/C=C(\F)C(F)F)CCOCC1. The Morgan fingerprint density at radius 3 is 2.24 bits per heavy atom. The zero-order chi connectivity index (χ0) is 13.5. The number of halogens is 3. The molecule has 1 aliphatic heterocycles. The van der Waals surface area contributed by atoms with Gasteiger partial charge in [0.1, 0.15) is 19.3 Å². The van der Waals surface area contributed by atoms with Gasteiger partial charge in [-0.1, -0.05) is 11.1 Å². The number of ether oxygens (including phenoxy) is 1. The molecule has 1 aliphatic rings. The summed E-state index contributed by atoms with van der Waals surface area (Å²) in [5, 5.41) is 0. The van der Waals surface area contributed by atoms with Crippen LogP contribution in [0.5, 0.6) is 0 Å². The van der Waals surface area contributed by atoms with Crippen molar-refractivity contribution in [1.82, 2.24) is 0 Å². The molecule has 1 rings (SSSR count). The molecule has 0 aromatic carbocycles. The lowest BCUT2D eigenvalue weighted by atomic mass is 10.3. The maximum atomic E-state index is 12.6. The summed E-state index contributed by atoms with van der Waals surface area (Å²) in [6, 6.07) is 0. The smallest absolute Gasteiger partial charge is 0.294 e. The molecule has 1 heterocycles. The molecule has 0 aliphatic carbocycles. The molecule has 1 atom stereocenters. The summed E-state index contributed by atoms with van der Waals surface area (Å²) in [6.07, 6.45) is -0.939. The number of quaternary nitrogens is 1. The van der Waals surface area contributed by atoms with Gasteiger partial charge in [-0.15, -0.1) is 0 Å². The molecule has 102 valence electrons. The van der Waals surface area contributed by atoms with E-state index in [2.05, 4.69) is 0 Å². The van der Waals surface area contributed by atoms with Gasteiger partial charge in [0.2, 0.25) is 5.83 Å². The van der Waals surface area contributed by atoms with Gasteiger partial charge in [0.25, 0.3) is 6.43 Å². The van der Waals surface area contributed by atoms with Crippen LogP contribution in [0.3, 0.4) is 0 Å². The van der Waals surface area contributed by atoms with Crippen LogP contribution in [0.1, 0.15) is 0 Å². The third-order valence-corrected chi connectivity index (χ3v) is 2.14. The van der Waals surface area contributed by atoms with E-state index >= 15 is 0 Å². The van der Waals surface area contributed by atoms with E-state index in [-0.39, 0.29) is 4.48 Å². The molecule has 8 heteroatoms. The van der Waals surface area contributed by atoms with Gasteiger partial charge in [0.05, 0.1) is 20.3 Å². The summed E-state index contributed by atoms with van der Waals surface area (Å²) in [7, 11) is 1.71. The van der Waals surface area contributed by atoms with Crippen LogP contribution in [0.25, 0.3) is 0 Å². The van der Waals surface area contributed by atoms with Gasteiger partial charge >= 0.3 is 0 Å². The van der Waals surface area contributed by atoms with Crippen molar-refractivity contribution in [3.8, 4) is 0 Å². The summed E-state index contributed by atoms with van der Waals surface area (Å²) in [4.78, 5) is 0. The molecule has 1 saturated heterocycles. The first kappa shape index (κ1) is 16.6. The van der Waals surface area contributed by atoms with Gasteiger partial charge in [0.15, 0.2) is 0 Å². The summed E-state index contributed by atoms with van der Waals surface area (Å²) in [6.45, 7) is 2.06. The second-order valence-electron chi connectivity index (χ2n) is 3.76. The van der Waals surface area contributed by atoms with Gasteiger partial charge in [0, 0.05) is 0 Å². The van der Waals surface area contributed by atoms with E-state index in [1.165, 1.54) is 0 Å². The molecule has 0 radical (unpaired) electrons. The zero-order valence-corrected chi connectivity index (χ0v) is 10.5. The Bertz CT molecular complexity index is 277. The fourth-order valence-corrected chi connectivity index (χ4v) is 1.24. The van der Waals surface area contributed by atoms with Crippen LogP contribution in [-0.2, 0) is 15.8 Å². The summed E-state index contributed by atoms with van der Waals surface area (Å²) in [5.41, 5.74) is 0. The van der Waals surface area contributed by atoms with E-state index in [9.17, 15) is 13.2 Å². The Labute approximate surface area is 101 Å². The number of morpholine rings is 1. The molecule has 1 unspecified atom stereocenters. The Balaban J connectivity index is 0.000000557. The largest absolute Gasteiger partial charge is 0.773 e. The quantitative estimate of drug-likeness (QED) is 0.559. The molecular formula is C9H16F3NO3S. The van der Waals surface area contributed by atoms with E-state index in [4.69, 9.17) is 13.5 Å². The van der Waals surface area contributed by atoms with Crippen molar-refractivity contribution in [2.75, 3.05) is 39.6 Å². The maximum Gasteiger partial charge on any atom is 0.294 e. The summed E-state index contributed by atoms with van der Waals surface area (Å²) < 4.78 is 59.6. The lowest BCUT2D eigenvalue weighted by Gasteiger charge is -2.33. The van der Waals surface area contributed by atoms with Crippen molar-refractivity contribution < 1.29 is 31.2 Å². The molecule has 0 amide bonds. The maximum absolute atomic E-state index is 12.6. The normalized spacial score (nSPS) is 21.7. The molecule has 0 N–H and O–H groups in total. The van der Waals surface area contributed by atoms with Crippen LogP contribution >= 0.6 is 0 Å². The number of rotatable bonds is 2. The molecule has 1 fully saturated rings. The number of hydrogen-bond donors (Lipinski definition) is 0. The van der Waals surface area contributed by atoms with Gasteiger partial charge in [-0.3, -0.25) is 8.69 Å². The fraction of sp³-hybridized carbons (Fsp3) is 0.778. The average molecular weight is 275 g/mol. The summed E-state index contributed by atoms with van der Waals surface area (Å²) in [5.74, 6) is -1.34. The highest BCUT2D eigenvalue weighted by molar-refractivity contribution is 7.78. The van der Waals surface area contributed by atoms with Crippen LogP contribution < -0.4 is 0 Å². The zero-order valence-electron chi connectivity index (χ0n) is 9.70. The number of hydrogen-bond acceptors (Lipinski definition) is 3. The molecule has 4 nitrogen and oxygen atoms in total. The minimum absolute atomic E-state index is 0.191. The standard InChI is InChI=1S/C8H13F3NO.CH4O2S/c1-12(2-4-13-5-3-12)6-7(9)8(10)11;1-4(2)3/h6,8H,2-5H2,1H3;1H3,(H,2,3)/q+1;/p-1/b7-6-;. The molecule has 0 spiro atoms. The van der Waals surface area contributed by atoms with Crippen molar-refractivity contribution in [3.63, 3.8) is 0 Å². The third-order valence-electron chi connectivity index (χ3n) is 2.14. The van der Waals surface area contributed by atoms with Crippen LogP contribution in [0.15, 0.2) is 12.0 Å². The molecule has 17 heavy (non-hydrogen) atoms. The molecular weight excluding hydrogens is 259 g/mol. The van der Waals surface area contributed by atoms with Crippen molar-refractivity contribution >= 4 is 11.1 Å². The molecule has 0 bridgehead atoms. The van der Waals surface area contributed by atoms with Gasteiger partial charge in [-0.25, -0.2) is 8.78 Å². The number of alkyl halides is 2. The first-order valence-corrected chi connectivity index (χ1v) is 6.34. The Morgan fingerprint density at radius 1 is 1.47 bits per heavy atom. The van der Waals surface area contributed by atoms with Gasteiger partial charge in [-0.2, -0.15) is 4.39 Å². The Hall–Kier alpha value is -0.440. The number of allylic oxidation sites excluding steroid dienone is 1. The highest BCUT2D eigenvalue weighted by Crippen LogP contribution is 2.16. The second-order valence-corrected chi connectivity index (χ2v) is 4.56. The Kier molecular flexibility index (Phi) is 7.60. The molecule has 0 aromatic rings. The minimum Gasteiger partial charge on any atom is -0.773 e. The monoisotopic (exact) mass is 275 g/mol. The van der Waals surface area contributed by atoms with Crippen LogP contribution in [0, 0.1) is 0 Å². The average Bonchev–Trinajstić information content (AvgIpc) is 2.16. The lowest BCUT2D eigenvalue weighted by molar-refractivity contribution is -0.868. The lowest BCUT2D eigenvalue weighted by Crippen LogP contribution is -2.47. The number of likely N-dealkylation sites (N-methyl/N-ethyl adjacent to an activating group) is 1. The van der Waals surface area contributed by atoms with E-state index < -0.39 is 23.3 Å². The highest BCUT2D eigenvalue weighted by Gasteiger charge is 2.26. The van der Waals surface area contributed by atoms with Crippen molar-refractivity contribution in [2.24, 2.45) is 0 Å². The predicted octanol–water partition coefficient (Wildman–Crippen LogP) is 1.03. The molecule has 0 aromatic heterocycles. The van der Waals surface area contributed by atoms with Crippen molar-refractivity contribution in [3.05, 3.63) is 12.0 Å². The van der Waals surface area contributed by atoms with E-state index in [0.29, 0.717) is 26.3 Å². The predicted molar refractivity (Wildman–Crippen MR) is 56.8 cm³/mol. The third kappa shape index (κ3) is 8.31. The van der Waals surface area contributed by atoms with Crippen molar-refractivity contribution in [1.29, 1.82) is 0 Å². The molecule has 0 saturated carbocycles. The second kappa shape index (κ2) is 7.80. The summed E-state index contributed by atoms with van der Waals surface area (Å²) >= 11 is -1.86. The number of nitrogens with zero attached hydrogens (tertiary/aromatic N) is 1. The minimum atomic E-state index is -3.00. The topological polar surface area (TPSA) is 49.4 Å².